The highest BCUT2D eigenvalue weighted by Crippen LogP contribution is 2.32. The van der Waals surface area contributed by atoms with Gasteiger partial charge in [-0.25, -0.2) is 8.78 Å². The fourth-order valence-electron chi connectivity index (χ4n) is 1.78. The van der Waals surface area contributed by atoms with Gasteiger partial charge in [-0.3, -0.25) is 0 Å². The molecule has 0 amide bonds. The van der Waals surface area contributed by atoms with Crippen LogP contribution in [0.2, 0.25) is 0 Å². The van der Waals surface area contributed by atoms with Crippen LogP contribution < -0.4 is 0 Å². The van der Waals surface area contributed by atoms with E-state index in [4.69, 9.17) is 0 Å². The molecule has 0 spiro atoms. The van der Waals surface area contributed by atoms with Crippen molar-refractivity contribution in [3.63, 3.8) is 0 Å². The Morgan fingerprint density at radius 1 is 0.947 bits per heavy atom. The van der Waals surface area contributed by atoms with Crippen LogP contribution in [-0.4, -0.2) is 0 Å². The van der Waals surface area contributed by atoms with E-state index in [9.17, 15) is 8.78 Å². The molecule has 0 aromatic heterocycles. The van der Waals surface area contributed by atoms with E-state index in [1.54, 1.807) is 0 Å². The molecule has 0 bridgehead atoms. The highest BCUT2D eigenvalue weighted by atomic mass is 79.9. The van der Waals surface area contributed by atoms with Crippen LogP contribution in [0.25, 0.3) is 0 Å². The molecule has 100 valence electrons. The molecule has 0 heterocycles. The van der Waals surface area contributed by atoms with Gasteiger partial charge in [-0.2, -0.15) is 0 Å². The van der Waals surface area contributed by atoms with Crippen molar-refractivity contribution in [2.45, 2.75) is 11.2 Å². The summed E-state index contributed by atoms with van der Waals surface area (Å²) in [5.41, 5.74) is 1.05. The summed E-state index contributed by atoms with van der Waals surface area (Å²) in [7, 11) is 0. The highest BCUT2D eigenvalue weighted by molar-refractivity contribution is 9.11. The molecule has 19 heavy (non-hydrogen) atoms. The van der Waals surface area contributed by atoms with Crippen molar-refractivity contribution in [1.29, 1.82) is 0 Å². The molecule has 2 aromatic carbocycles. The van der Waals surface area contributed by atoms with E-state index in [1.807, 2.05) is 18.2 Å². The third kappa shape index (κ3) is 3.86. The normalized spacial score (nSPS) is 12.5. The summed E-state index contributed by atoms with van der Waals surface area (Å²) < 4.78 is 29.0. The Hall–Kier alpha value is -0.260. The zero-order valence-electron chi connectivity index (χ0n) is 9.64. The van der Waals surface area contributed by atoms with E-state index in [1.165, 1.54) is 18.2 Å². The molecule has 1 unspecified atom stereocenters. The minimum absolute atomic E-state index is 0.0977. The molecule has 1 atom stereocenters. The number of alkyl halides is 1. The molecular formula is C14H9Br3F2. The summed E-state index contributed by atoms with van der Waals surface area (Å²) >= 11 is 10.3. The Morgan fingerprint density at radius 3 is 2.00 bits per heavy atom. The first-order chi connectivity index (χ1) is 8.97. The summed E-state index contributed by atoms with van der Waals surface area (Å²) in [6.45, 7) is 0. The van der Waals surface area contributed by atoms with Crippen LogP contribution in [0.3, 0.4) is 0 Å². The third-order valence-corrected chi connectivity index (χ3v) is 4.46. The lowest BCUT2D eigenvalue weighted by Crippen LogP contribution is -2.01. The standard InChI is InChI=1S/C14H9Br3F2/c15-9-4-8(5-10(16)6-9)12(17)7-11-13(18)2-1-3-14(11)19/h1-6,12H,7H2. The molecule has 0 radical (unpaired) electrons. The SMILES string of the molecule is Fc1cccc(F)c1CC(Br)c1cc(Br)cc(Br)c1. The predicted octanol–water partition coefficient (Wildman–Crippen LogP) is 6.17. The van der Waals surface area contributed by atoms with E-state index in [0.717, 1.165) is 14.5 Å². The summed E-state index contributed by atoms with van der Waals surface area (Å²) in [4.78, 5) is -0.160. The zero-order chi connectivity index (χ0) is 14.0. The molecule has 0 saturated heterocycles. The molecule has 0 N–H and O–H groups in total. The number of hydrogen-bond donors (Lipinski definition) is 0. The molecule has 0 fully saturated rings. The summed E-state index contributed by atoms with van der Waals surface area (Å²) in [6, 6.07) is 9.66. The van der Waals surface area contributed by atoms with Crippen LogP contribution in [0.4, 0.5) is 8.78 Å². The molecule has 0 aliphatic heterocycles. The average molecular weight is 455 g/mol. The second kappa shape index (κ2) is 6.46. The number of hydrogen-bond acceptors (Lipinski definition) is 0. The summed E-state index contributed by atoms with van der Waals surface area (Å²) in [6.07, 6.45) is 0.251. The maximum absolute atomic E-state index is 13.6. The van der Waals surface area contributed by atoms with Gasteiger partial charge in [-0.1, -0.05) is 53.9 Å². The lowest BCUT2D eigenvalue weighted by molar-refractivity contribution is 0.554. The summed E-state index contributed by atoms with van der Waals surface area (Å²) in [5, 5.41) is 0. The third-order valence-electron chi connectivity index (χ3n) is 2.69. The monoisotopic (exact) mass is 452 g/mol. The van der Waals surface area contributed by atoms with Gasteiger partial charge in [0.05, 0.1) is 0 Å². The van der Waals surface area contributed by atoms with Crippen LogP contribution in [0.5, 0.6) is 0 Å². The maximum atomic E-state index is 13.6. The Morgan fingerprint density at radius 2 is 1.47 bits per heavy atom. The van der Waals surface area contributed by atoms with Crippen molar-refractivity contribution in [2.24, 2.45) is 0 Å². The van der Waals surface area contributed by atoms with Crippen LogP contribution >= 0.6 is 47.8 Å². The van der Waals surface area contributed by atoms with Crippen molar-refractivity contribution in [2.75, 3.05) is 0 Å². The Labute approximate surface area is 135 Å². The molecule has 0 aliphatic rings. The van der Waals surface area contributed by atoms with Gasteiger partial charge < -0.3 is 0 Å². The molecular weight excluding hydrogens is 446 g/mol. The molecule has 0 saturated carbocycles. The summed E-state index contributed by atoms with van der Waals surface area (Å²) in [5.74, 6) is -1.03. The minimum atomic E-state index is -0.515. The molecule has 2 rings (SSSR count). The van der Waals surface area contributed by atoms with Gasteiger partial charge in [0.2, 0.25) is 0 Å². The quantitative estimate of drug-likeness (QED) is 0.486. The number of halogens is 5. The van der Waals surface area contributed by atoms with E-state index < -0.39 is 11.6 Å². The smallest absolute Gasteiger partial charge is 0.129 e. The van der Waals surface area contributed by atoms with Gasteiger partial charge in [0, 0.05) is 19.3 Å². The first kappa shape index (κ1) is 15.1. The lowest BCUT2D eigenvalue weighted by Gasteiger charge is -2.12. The highest BCUT2D eigenvalue weighted by Gasteiger charge is 2.15. The van der Waals surface area contributed by atoms with Crippen molar-refractivity contribution in [3.05, 3.63) is 68.1 Å². The van der Waals surface area contributed by atoms with Gasteiger partial charge >= 0.3 is 0 Å². The fraction of sp³-hybridized carbons (Fsp3) is 0.143. The maximum Gasteiger partial charge on any atom is 0.129 e. The molecule has 0 aliphatic carbocycles. The van der Waals surface area contributed by atoms with Gasteiger partial charge in [0.1, 0.15) is 11.6 Å². The van der Waals surface area contributed by atoms with E-state index >= 15 is 0 Å². The molecule has 0 nitrogen and oxygen atoms in total. The minimum Gasteiger partial charge on any atom is -0.207 e. The lowest BCUT2D eigenvalue weighted by atomic mass is 10.0. The fourth-order valence-corrected chi connectivity index (χ4v) is 3.70. The van der Waals surface area contributed by atoms with Crippen molar-refractivity contribution in [1.82, 2.24) is 0 Å². The van der Waals surface area contributed by atoms with E-state index in [2.05, 4.69) is 47.8 Å². The molecule has 2 aromatic rings. The van der Waals surface area contributed by atoms with E-state index in [-0.39, 0.29) is 16.8 Å². The zero-order valence-corrected chi connectivity index (χ0v) is 14.4. The Bertz CT molecular complexity index is 559. The van der Waals surface area contributed by atoms with Gasteiger partial charge in [0.15, 0.2) is 0 Å². The Balaban J connectivity index is 2.28. The van der Waals surface area contributed by atoms with Crippen LogP contribution in [0.15, 0.2) is 45.3 Å². The first-order valence-electron chi connectivity index (χ1n) is 5.50. The largest absolute Gasteiger partial charge is 0.207 e. The Kier molecular flexibility index (Phi) is 5.15. The first-order valence-corrected chi connectivity index (χ1v) is 8.00. The average Bonchev–Trinajstić information content (AvgIpc) is 2.32. The van der Waals surface area contributed by atoms with Crippen LogP contribution in [0.1, 0.15) is 16.0 Å². The van der Waals surface area contributed by atoms with Crippen molar-refractivity contribution >= 4 is 47.8 Å². The van der Waals surface area contributed by atoms with Crippen LogP contribution in [-0.2, 0) is 6.42 Å². The van der Waals surface area contributed by atoms with Gasteiger partial charge in [-0.05, 0) is 42.3 Å². The predicted molar refractivity (Wildman–Crippen MR) is 83.6 cm³/mol. The molecule has 5 heteroatoms. The van der Waals surface area contributed by atoms with Gasteiger partial charge in [-0.15, -0.1) is 0 Å². The second-order valence-corrected chi connectivity index (χ2v) is 7.01. The number of rotatable bonds is 3. The van der Waals surface area contributed by atoms with Gasteiger partial charge in [0.25, 0.3) is 0 Å². The van der Waals surface area contributed by atoms with Crippen molar-refractivity contribution in [3.8, 4) is 0 Å². The van der Waals surface area contributed by atoms with Crippen molar-refractivity contribution < 1.29 is 8.78 Å². The number of benzene rings is 2. The topological polar surface area (TPSA) is 0 Å². The second-order valence-electron chi connectivity index (χ2n) is 4.07. The van der Waals surface area contributed by atoms with E-state index in [0.29, 0.717) is 0 Å². The van der Waals surface area contributed by atoms with Crippen LogP contribution in [0, 0.1) is 11.6 Å².